The van der Waals surface area contributed by atoms with Gasteiger partial charge in [-0.3, -0.25) is 9.59 Å². The third-order valence-corrected chi connectivity index (χ3v) is 2.89. The van der Waals surface area contributed by atoms with Crippen LogP contribution in [0.2, 0.25) is 0 Å². The van der Waals surface area contributed by atoms with Crippen molar-refractivity contribution in [2.24, 2.45) is 5.41 Å². The van der Waals surface area contributed by atoms with Crippen molar-refractivity contribution in [2.45, 2.75) is 20.3 Å². The molecule has 104 valence electrons. The molecule has 0 saturated heterocycles. The normalized spacial score (nSPS) is 10.9. The van der Waals surface area contributed by atoms with E-state index in [0.29, 0.717) is 30.6 Å². The van der Waals surface area contributed by atoms with E-state index < -0.39 is 0 Å². The van der Waals surface area contributed by atoms with E-state index in [1.54, 1.807) is 24.3 Å². The fourth-order valence-corrected chi connectivity index (χ4v) is 1.60. The molecule has 5 heteroatoms. The minimum atomic E-state index is -0.163. The molecule has 0 aliphatic carbocycles. The first kappa shape index (κ1) is 15.2. The van der Waals surface area contributed by atoms with Crippen molar-refractivity contribution in [1.29, 1.82) is 0 Å². The van der Waals surface area contributed by atoms with E-state index in [1.807, 2.05) is 13.8 Å². The van der Waals surface area contributed by atoms with Gasteiger partial charge in [0, 0.05) is 24.4 Å². The van der Waals surface area contributed by atoms with Crippen LogP contribution in [0.3, 0.4) is 0 Å². The highest BCUT2D eigenvalue weighted by molar-refractivity contribution is 5.94. The number of hydrogen-bond donors (Lipinski definition) is 3. The number of carbonyl (C=O) groups is 2. The summed E-state index contributed by atoms with van der Waals surface area (Å²) in [6, 6.07) is 6.64. The molecular weight excluding hydrogens is 244 g/mol. The maximum Gasteiger partial charge on any atom is 0.251 e. The molecule has 0 spiro atoms. The second-order valence-corrected chi connectivity index (χ2v) is 5.16. The lowest BCUT2D eigenvalue weighted by atomic mass is 9.89. The molecule has 19 heavy (non-hydrogen) atoms. The van der Waals surface area contributed by atoms with Crippen LogP contribution in [-0.4, -0.2) is 30.6 Å². The molecule has 0 unspecified atom stereocenters. The fraction of sp³-hybridized carbons (Fsp3) is 0.429. The SMILES string of the molecule is CC(C)(CCO)CNC(=O)c1ccc(NC=O)cc1. The van der Waals surface area contributed by atoms with Gasteiger partial charge in [0.15, 0.2) is 0 Å². The second-order valence-electron chi connectivity index (χ2n) is 5.16. The summed E-state index contributed by atoms with van der Waals surface area (Å²) in [5, 5.41) is 14.3. The molecule has 0 heterocycles. The van der Waals surface area contributed by atoms with Crippen LogP contribution in [0.5, 0.6) is 0 Å². The molecule has 1 aromatic carbocycles. The molecule has 0 fully saturated rings. The number of nitrogens with one attached hydrogen (secondary N) is 2. The second kappa shape index (κ2) is 6.89. The molecule has 0 atom stereocenters. The quantitative estimate of drug-likeness (QED) is 0.651. The van der Waals surface area contributed by atoms with E-state index in [9.17, 15) is 9.59 Å². The highest BCUT2D eigenvalue weighted by atomic mass is 16.3. The molecule has 3 N–H and O–H groups in total. The molecule has 0 aromatic heterocycles. The highest BCUT2D eigenvalue weighted by Crippen LogP contribution is 2.18. The van der Waals surface area contributed by atoms with Crippen molar-refractivity contribution in [1.82, 2.24) is 5.32 Å². The van der Waals surface area contributed by atoms with Gasteiger partial charge in [0.05, 0.1) is 0 Å². The van der Waals surface area contributed by atoms with E-state index in [1.165, 1.54) is 0 Å². The summed E-state index contributed by atoms with van der Waals surface area (Å²) in [5.74, 6) is -0.163. The topological polar surface area (TPSA) is 78.4 Å². The zero-order valence-corrected chi connectivity index (χ0v) is 11.3. The number of carbonyl (C=O) groups excluding carboxylic acids is 2. The predicted molar refractivity (Wildman–Crippen MR) is 73.9 cm³/mol. The van der Waals surface area contributed by atoms with Crippen molar-refractivity contribution in [2.75, 3.05) is 18.5 Å². The van der Waals surface area contributed by atoms with Gasteiger partial charge in [-0.1, -0.05) is 13.8 Å². The van der Waals surface area contributed by atoms with E-state index in [4.69, 9.17) is 5.11 Å². The summed E-state index contributed by atoms with van der Waals surface area (Å²) in [5.41, 5.74) is 1.05. The number of aliphatic hydroxyl groups is 1. The molecule has 0 radical (unpaired) electrons. The standard InChI is InChI=1S/C14H20N2O3/c1-14(2,7-8-17)9-15-13(19)11-3-5-12(6-4-11)16-10-18/h3-6,10,17H,7-9H2,1-2H3,(H,15,19)(H,16,18). The van der Waals surface area contributed by atoms with Gasteiger partial charge in [0.25, 0.3) is 5.91 Å². The van der Waals surface area contributed by atoms with Crippen LogP contribution in [0.15, 0.2) is 24.3 Å². The maximum absolute atomic E-state index is 11.9. The molecule has 5 nitrogen and oxygen atoms in total. The molecule has 0 bridgehead atoms. The lowest BCUT2D eigenvalue weighted by Crippen LogP contribution is -2.34. The lowest BCUT2D eigenvalue weighted by molar-refractivity contribution is -0.105. The van der Waals surface area contributed by atoms with Crippen LogP contribution < -0.4 is 10.6 Å². The van der Waals surface area contributed by atoms with Gasteiger partial charge in [-0.15, -0.1) is 0 Å². The number of amides is 2. The van der Waals surface area contributed by atoms with E-state index in [0.717, 1.165) is 0 Å². The summed E-state index contributed by atoms with van der Waals surface area (Å²) in [6.07, 6.45) is 1.22. The van der Waals surface area contributed by atoms with Gasteiger partial charge in [0.1, 0.15) is 0 Å². The third kappa shape index (κ3) is 5.09. The lowest BCUT2D eigenvalue weighted by Gasteiger charge is -2.23. The first-order valence-corrected chi connectivity index (χ1v) is 6.18. The first-order chi connectivity index (χ1) is 8.98. The largest absolute Gasteiger partial charge is 0.396 e. The fourth-order valence-electron chi connectivity index (χ4n) is 1.60. The monoisotopic (exact) mass is 264 g/mol. The molecule has 2 amide bonds. The molecule has 1 rings (SSSR count). The summed E-state index contributed by atoms with van der Waals surface area (Å²) < 4.78 is 0. The molecule has 0 aliphatic heterocycles. The summed E-state index contributed by atoms with van der Waals surface area (Å²) in [6.45, 7) is 4.58. The number of hydrogen-bond acceptors (Lipinski definition) is 3. The Balaban J connectivity index is 2.56. The minimum absolute atomic E-state index is 0.106. The number of benzene rings is 1. The average Bonchev–Trinajstić information content (AvgIpc) is 2.37. The van der Waals surface area contributed by atoms with Gasteiger partial charge in [-0.25, -0.2) is 0 Å². The van der Waals surface area contributed by atoms with Crippen LogP contribution in [0, 0.1) is 5.41 Å². The molecular formula is C14H20N2O3. The Hall–Kier alpha value is -1.88. The van der Waals surface area contributed by atoms with E-state index in [-0.39, 0.29) is 17.9 Å². The van der Waals surface area contributed by atoms with Crippen molar-refractivity contribution in [3.63, 3.8) is 0 Å². The Morgan fingerprint density at radius 3 is 2.47 bits per heavy atom. The van der Waals surface area contributed by atoms with Gasteiger partial charge >= 0.3 is 0 Å². The minimum Gasteiger partial charge on any atom is -0.396 e. The Kier molecular flexibility index (Phi) is 5.51. The zero-order chi connectivity index (χ0) is 14.3. The molecule has 1 aromatic rings. The van der Waals surface area contributed by atoms with Crippen molar-refractivity contribution in [3.8, 4) is 0 Å². The zero-order valence-electron chi connectivity index (χ0n) is 11.3. The van der Waals surface area contributed by atoms with Gasteiger partial charge < -0.3 is 15.7 Å². The summed E-state index contributed by atoms with van der Waals surface area (Å²) >= 11 is 0. The van der Waals surface area contributed by atoms with Gasteiger partial charge in [0.2, 0.25) is 6.41 Å². The Morgan fingerprint density at radius 2 is 1.95 bits per heavy atom. The van der Waals surface area contributed by atoms with E-state index in [2.05, 4.69) is 10.6 Å². The third-order valence-electron chi connectivity index (χ3n) is 2.89. The highest BCUT2D eigenvalue weighted by Gasteiger charge is 2.18. The maximum atomic E-state index is 11.9. The average molecular weight is 264 g/mol. The number of rotatable bonds is 7. The van der Waals surface area contributed by atoms with Gasteiger partial charge in [-0.05, 0) is 36.1 Å². The van der Waals surface area contributed by atoms with Crippen LogP contribution in [0.25, 0.3) is 0 Å². The molecule has 0 aliphatic rings. The summed E-state index contributed by atoms with van der Waals surface area (Å²) in [7, 11) is 0. The van der Waals surface area contributed by atoms with Crippen molar-refractivity contribution >= 4 is 18.0 Å². The van der Waals surface area contributed by atoms with E-state index >= 15 is 0 Å². The number of anilines is 1. The Morgan fingerprint density at radius 1 is 1.32 bits per heavy atom. The molecule has 0 saturated carbocycles. The Bertz CT molecular complexity index is 427. The van der Waals surface area contributed by atoms with Crippen LogP contribution in [-0.2, 0) is 4.79 Å². The van der Waals surface area contributed by atoms with Crippen LogP contribution >= 0.6 is 0 Å². The van der Waals surface area contributed by atoms with Gasteiger partial charge in [-0.2, -0.15) is 0 Å². The smallest absolute Gasteiger partial charge is 0.251 e. The van der Waals surface area contributed by atoms with Crippen LogP contribution in [0.4, 0.5) is 5.69 Å². The predicted octanol–water partition coefficient (Wildman–Crippen LogP) is 1.39. The first-order valence-electron chi connectivity index (χ1n) is 6.18. The Labute approximate surface area is 113 Å². The summed E-state index contributed by atoms with van der Waals surface area (Å²) in [4.78, 5) is 22.2. The van der Waals surface area contributed by atoms with Crippen molar-refractivity contribution < 1.29 is 14.7 Å². The number of aliphatic hydroxyl groups excluding tert-OH is 1. The van der Waals surface area contributed by atoms with Crippen LogP contribution in [0.1, 0.15) is 30.6 Å². The van der Waals surface area contributed by atoms with Crippen molar-refractivity contribution in [3.05, 3.63) is 29.8 Å².